The van der Waals surface area contributed by atoms with Crippen molar-refractivity contribution in [2.24, 2.45) is 11.7 Å². The Balaban J connectivity index is 1.82. The van der Waals surface area contributed by atoms with Gasteiger partial charge in [0.2, 0.25) is 0 Å². The van der Waals surface area contributed by atoms with Crippen LogP contribution < -0.4 is 20.5 Å². The van der Waals surface area contributed by atoms with Gasteiger partial charge in [-0.1, -0.05) is 13.0 Å². The summed E-state index contributed by atoms with van der Waals surface area (Å²) in [7, 11) is 0. The van der Waals surface area contributed by atoms with E-state index in [0.717, 1.165) is 37.6 Å². The molecule has 4 nitrogen and oxygen atoms in total. The highest BCUT2D eigenvalue weighted by molar-refractivity contribution is 5.43. The van der Waals surface area contributed by atoms with Crippen molar-refractivity contribution < 1.29 is 9.47 Å². The van der Waals surface area contributed by atoms with E-state index in [0.29, 0.717) is 19.1 Å². The molecule has 1 aromatic carbocycles. The lowest BCUT2D eigenvalue weighted by Gasteiger charge is -2.19. The smallest absolute Gasteiger partial charge is 0.161 e. The standard InChI is InChI=1S/C14H22N2O2/c1-11(4-5-15)9-16-10-12-2-3-13-14(8-12)18-7-6-17-13/h2-3,8,11,16H,4-7,9-10,15H2,1H3. The lowest BCUT2D eigenvalue weighted by Crippen LogP contribution is -2.22. The van der Waals surface area contributed by atoms with Crippen LogP contribution in [-0.2, 0) is 6.54 Å². The maximum Gasteiger partial charge on any atom is 0.161 e. The van der Waals surface area contributed by atoms with E-state index in [4.69, 9.17) is 15.2 Å². The number of nitrogens with one attached hydrogen (secondary N) is 1. The number of rotatable bonds is 6. The van der Waals surface area contributed by atoms with Crippen LogP contribution in [0.4, 0.5) is 0 Å². The Morgan fingerprint density at radius 2 is 2.06 bits per heavy atom. The number of ether oxygens (including phenoxy) is 2. The van der Waals surface area contributed by atoms with Gasteiger partial charge in [0.25, 0.3) is 0 Å². The van der Waals surface area contributed by atoms with Crippen LogP contribution in [0.1, 0.15) is 18.9 Å². The molecule has 1 aliphatic rings. The van der Waals surface area contributed by atoms with Crippen LogP contribution in [0.25, 0.3) is 0 Å². The Morgan fingerprint density at radius 1 is 1.28 bits per heavy atom. The van der Waals surface area contributed by atoms with Gasteiger partial charge in [0.05, 0.1) is 0 Å². The zero-order valence-corrected chi connectivity index (χ0v) is 10.9. The van der Waals surface area contributed by atoms with Crippen LogP contribution in [0.15, 0.2) is 18.2 Å². The zero-order chi connectivity index (χ0) is 12.8. The fourth-order valence-electron chi connectivity index (χ4n) is 2.05. The van der Waals surface area contributed by atoms with Crippen molar-refractivity contribution in [1.29, 1.82) is 0 Å². The molecule has 0 bridgehead atoms. The van der Waals surface area contributed by atoms with Crippen molar-refractivity contribution in [2.75, 3.05) is 26.3 Å². The Kier molecular flexibility index (Phi) is 4.84. The maximum absolute atomic E-state index is 5.56. The van der Waals surface area contributed by atoms with Crippen LogP contribution in [0.3, 0.4) is 0 Å². The molecule has 100 valence electrons. The van der Waals surface area contributed by atoms with E-state index in [9.17, 15) is 0 Å². The summed E-state index contributed by atoms with van der Waals surface area (Å²) in [6, 6.07) is 6.11. The Bertz CT molecular complexity index is 382. The highest BCUT2D eigenvalue weighted by Gasteiger charge is 2.11. The van der Waals surface area contributed by atoms with Gasteiger partial charge >= 0.3 is 0 Å². The second kappa shape index (κ2) is 6.61. The van der Waals surface area contributed by atoms with E-state index in [1.807, 2.05) is 6.07 Å². The third-order valence-corrected chi connectivity index (χ3v) is 3.09. The van der Waals surface area contributed by atoms with E-state index in [2.05, 4.69) is 24.4 Å². The first kappa shape index (κ1) is 13.2. The van der Waals surface area contributed by atoms with Gasteiger partial charge in [-0.05, 0) is 43.1 Å². The average Bonchev–Trinajstić information content (AvgIpc) is 2.39. The van der Waals surface area contributed by atoms with Crippen molar-refractivity contribution in [2.45, 2.75) is 19.9 Å². The average molecular weight is 250 g/mol. The van der Waals surface area contributed by atoms with Crippen molar-refractivity contribution in [3.8, 4) is 11.5 Å². The highest BCUT2D eigenvalue weighted by Crippen LogP contribution is 2.30. The largest absolute Gasteiger partial charge is 0.486 e. The Morgan fingerprint density at radius 3 is 2.83 bits per heavy atom. The first-order valence-corrected chi connectivity index (χ1v) is 6.59. The van der Waals surface area contributed by atoms with E-state index in [1.165, 1.54) is 5.56 Å². The molecule has 1 unspecified atom stereocenters. The lowest BCUT2D eigenvalue weighted by molar-refractivity contribution is 0.171. The molecule has 2 rings (SSSR count). The van der Waals surface area contributed by atoms with Crippen molar-refractivity contribution in [3.05, 3.63) is 23.8 Å². The molecule has 0 spiro atoms. The third kappa shape index (κ3) is 3.62. The van der Waals surface area contributed by atoms with Crippen molar-refractivity contribution in [3.63, 3.8) is 0 Å². The van der Waals surface area contributed by atoms with Gasteiger partial charge in [-0.2, -0.15) is 0 Å². The van der Waals surface area contributed by atoms with Gasteiger partial charge < -0.3 is 20.5 Å². The van der Waals surface area contributed by atoms with Gasteiger partial charge in [-0.15, -0.1) is 0 Å². The molecule has 0 saturated carbocycles. The molecule has 0 radical (unpaired) electrons. The van der Waals surface area contributed by atoms with Gasteiger partial charge in [0.15, 0.2) is 11.5 Å². The summed E-state index contributed by atoms with van der Waals surface area (Å²) in [4.78, 5) is 0. The highest BCUT2D eigenvalue weighted by atomic mass is 16.6. The second-order valence-electron chi connectivity index (χ2n) is 4.79. The Hall–Kier alpha value is -1.26. The van der Waals surface area contributed by atoms with Crippen LogP contribution in [-0.4, -0.2) is 26.3 Å². The summed E-state index contributed by atoms with van der Waals surface area (Å²) < 4.78 is 11.1. The topological polar surface area (TPSA) is 56.5 Å². The van der Waals surface area contributed by atoms with E-state index < -0.39 is 0 Å². The number of benzene rings is 1. The minimum absolute atomic E-state index is 0.618. The number of hydrogen-bond acceptors (Lipinski definition) is 4. The first-order chi connectivity index (χ1) is 8.79. The molecule has 0 aromatic heterocycles. The first-order valence-electron chi connectivity index (χ1n) is 6.59. The molecule has 0 fully saturated rings. The summed E-state index contributed by atoms with van der Waals surface area (Å²) in [5.74, 6) is 2.32. The van der Waals surface area contributed by atoms with Crippen LogP contribution in [0.2, 0.25) is 0 Å². The summed E-state index contributed by atoms with van der Waals surface area (Å²) >= 11 is 0. The molecule has 3 N–H and O–H groups in total. The summed E-state index contributed by atoms with van der Waals surface area (Å²) in [5, 5.41) is 3.44. The monoisotopic (exact) mass is 250 g/mol. The fourth-order valence-corrected chi connectivity index (χ4v) is 2.05. The molecule has 0 saturated heterocycles. The van der Waals surface area contributed by atoms with E-state index in [-0.39, 0.29) is 0 Å². The minimum Gasteiger partial charge on any atom is -0.486 e. The predicted octanol–water partition coefficient (Wildman–Crippen LogP) is 1.53. The maximum atomic E-state index is 5.56. The zero-order valence-electron chi connectivity index (χ0n) is 10.9. The molecule has 0 aliphatic carbocycles. The quantitative estimate of drug-likeness (QED) is 0.804. The van der Waals surface area contributed by atoms with E-state index >= 15 is 0 Å². The molecular formula is C14H22N2O2. The molecule has 18 heavy (non-hydrogen) atoms. The number of nitrogens with two attached hydrogens (primary N) is 1. The molecule has 1 atom stereocenters. The predicted molar refractivity (Wildman–Crippen MR) is 72.0 cm³/mol. The molecular weight excluding hydrogens is 228 g/mol. The van der Waals surface area contributed by atoms with Gasteiger partial charge in [0.1, 0.15) is 13.2 Å². The van der Waals surface area contributed by atoms with E-state index in [1.54, 1.807) is 0 Å². The molecule has 1 aromatic rings. The molecule has 1 aliphatic heterocycles. The summed E-state index contributed by atoms with van der Waals surface area (Å²) in [6.07, 6.45) is 1.06. The van der Waals surface area contributed by atoms with Crippen molar-refractivity contribution in [1.82, 2.24) is 5.32 Å². The lowest BCUT2D eigenvalue weighted by atomic mass is 10.1. The molecule has 0 amide bonds. The molecule has 4 heteroatoms. The van der Waals surface area contributed by atoms with Gasteiger partial charge in [-0.3, -0.25) is 0 Å². The number of fused-ring (bicyclic) bond motifs is 1. The molecule has 1 heterocycles. The Labute approximate surface area is 108 Å². The normalized spacial score (nSPS) is 15.4. The minimum atomic E-state index is 0.618. The SMILES string of the molecule is CC(CCN)CNCc1ccc2c(c1)OCCO2. The summed E-state index contributed by atoms with van der Waals surface area (Å²) in [5.41, 5.74) is 6.75. The van der Waals surface area contributed by atoms with Gasteiger partial charge in [-0.25, -0.2) is 0 Å². The number of hydrogen-bond donors (Lipinski definition) is 2. The van der Waals surface area contributed by atoms with Crippen LogP contribution >= 0.6 is 0 Å². The van der Waals surface area contributed by atoms with Crippen LogP contribution in [0, 0.1) is 5.92 Å². The van der Waals surface area contributed by atoms with Crippen molar-refractivity contribution >= 4 is 0 Å². The summed E-state index contributed by atoms with van der Waals surface area (Å²) in [6.45, 7) is 6.09. The van der Waals surface area contributed by atoms with Gasteiger partial charge in [0, 0.05) is 6.54 Å². The second-order valence-corrected chi connectivity index (χ2v) is 4.79. The third-order valence-electron chi connectivity index (χ3n) is 3.09. The van der Waals surface area contributed by atoms with Crippen LogP contribution in [0.5, 0.6) is 11.5 Å². The fraction of sp³-hybridized carbons (Fsp3) is 0.571.